The lowest BCUT2D eigenvalue weighted by Gasteiger charge is -2.29. The number of likely N-dealkylation sites (tertiary alicyclic amines) is 1. The molecular weight excluding hydrogens is 376 g/mol. The number of benzene rings is 2. The van der Waals surface area contributed by atoms with Gasteiger partial charge in [0, 0.05) is 24.5 Å². The van der Waals surface area contributed by atoms with Gasteiger partial charge in [-0.3, -0.25) is 9.78 Å². The summed E-state index contributed by atoms with van der Waals surface area (Å²) < 4.78 is 5.43. The zero-order chi connectivity index (χ0) is 20.4. The Morgan fingerprint density at radius 1 is 0.900 bits per heavy atom. The van der Waals surface area contributed by atoms with E-state index < -0.39 is 5.41 Å². The Morgan fingerprint density at radius 2 is 1.53 bits per heavy atom. The predicted octanol–water partition coefficient (Wildman–Crippen LogP) is 3.85. The van der Waals surface area contributed by atoms with E-state index in [9.17, 15) is 4.79 Å². The highest BCUT2D eigenvalue weighted by Gasteiger charge is 2.49. The summed E-state index contributed by atoms with van der Waals surface area (Å²) >= 11 is 0. The normalized spacial score (nSPS) is 15.5. The van der Waals surface area contributed by atoms with Crippen LogP contribution in [-0.2, 0) is 16.8 Å². The molecule has 5 rings (SSSR count). The third-order valence-corrected chi connectivity index (χ3v) is 5.67. The number of rotatable bonds is 5. The average molecular weight is 396 g/mol. The van der Waals surface area contributed by atoms with E-state index in [1.54, 1.807) is 12.4 Å². The molecule has 1 amide bonds. The molecule has 1 aliphatic rings. The SMILES string of the molecule is O=C1N(Cc2nc(-c3ccncc3)no2)CCC1(c1ccccc1)c1ccccc1. The van der Waals surface area contributed by atoms with Crippen LogP contribution in [0.3, 0.4) is 0 Å². The second-order valence-electron chi connectivity index (χ2n) is 7.36. The number of hydrogen-bond acceptors (Lipinski definition) is 5. The summed E-state index contributed by atoms with van der Waals surface area (Å²) in [4.78, 5) is 24.0. The molecule has 0 aliphatic carbocycles. The van der Waals surface area contributed by atoms with Crippen LogP contribution in [0.15, 0.2) is 89.7 Å². The first kappa shape index (κ1) is 18.2. The zero-order valence-corrected chi connectivity index (χ0v) is 16.3. The molecule has 1 fully saturated rings. The molecule has 0 spiro atoms. The average Bonchev–Trinajstić information content (AvgIpc) is 3.42. The molecule has 1 saturated heterocycles. The number of carbonyl (C=O) groups excluding carboxylic acids is 1. The van der Waals surface area contributed by atoms with Gasteiger partial charge in [0.25, 0.3) is 0 Å². The van der Waals surface area contributed by atoms with Gasteiger partial charge in [0.2, 0.25) is 17.6 Å². The lowest BCUT2D eigenvalue weighted by Crippen LogP contribution is -2.38. The zero-order valence-electron chi connectivity index (χ0n) is 16.3. The summed E-state index contributed by atoms with van der Waals surface area (Å²) in [5.74, 6) is 0.979. The van der Waals surface area contributed by atoms with Crippen LogP contribution < -0.4 is 0 Å². The maximum atomic E-state index is 13.7. The first-order chi connectivity index (χ1) is 14.8. The van der Waals surface area contributed by atoms with E-state index in [0.717, 1.165) is 16.7 Å². The van der Waals surface area contributed by atoms with Crippen LogP contribution in [-0.4, -0.2) is 32.5 Å². The molecular formula is C24H20N4O2. The van der Waals surface area contributed by atoms with Gasteiger partial charge in [-0.25, -0.2) is 0 Å². The van der Waals surface area contributed by atoms with Crippen LogP contribution in [0, 0.1) is 0 Å². The van der Waals surface area contributed by atoms with E-state index in [4.69, 9.17) is 4.52 Å². The number of amides is 1. The summed E-state index contributed by atoms with van der Waals surface area (Å²) in [6, 6.07) is 23.6. The highest BCUT2D eigenvalue weighted by Crippen LogP contribution is 2.42. The minimum atomic E-state index is -0.698. The Labute approximate surface area is 174 Å². The fraction of sp³-hybridized carbons (Fsp3) is 0.167. The van der Waals surface area contributed by atoms with Gasteiger partial charge in [0.05, 0.1) is 0 Å². The second kappa shape index (κ2) is 7.55. The van der Waals surface area contributed by atoms with E-state index in [-0.39, 0.29) is 5.91 Å². The van der Waals surface area contributed by atoms with E-state index in [1.165, 1.54) is 0 Å². The minimum Gasteiger partial charge on any atom is -0.337 e. The lowest BCUT2D eigenvalue weighted by molar-refractivity contribution is -0.132. The maximum Gasteiger partial charge on any atom is 0.246 e. The lowest BCUT2D eigenvalue weighted by atomic mass is 9.73. The second-order valence-corrected chi connectivity index (χ2v) is 7.36. The van der Waals surface area contributed by atoms with Gasteiger partial charge in [-0.2, -0.15) is 4.98 Å². The topological polar surface area (TPSA) is 72.1 Å². The summed E-state index contributed by atoms with van der Waals surface area (Å²) in [7, 11) is 0. The molecule has 4 aromatic rings. The van der Waals surface area contributed by atoms with Gasteiger partial charge in [0.1, 0.15) is 12.0 Å². The number of pyridine rings is 1. The minimum absolute atomic E-state index is 0.0589. The highest BCUT2D eigenvalue weighted by molar-refractivity contribution is 5.94. The molecule has 2 aromatic heterocycles. The van der Waals surface area contributed by atoms with Crippen molar-refractivity contribution in [1.82, 2.24) is 20.0 Å². The number of aromatic nitrogens is 3. The molecule has 0 saturated carbocycles. The third-order valence-electron chi connectivity index (χ3n) is 5.67. The van der Waals surface area contributed by atoms with Gasteiger partial charge < -0.3 is 9.42 Å². The quantitative estimate of drug-likeness (QED) is 0.512. The van der Waals surface area contributed by atoms with Crippen LogP contribution in [0.1, 0.15) is 23.4 Å². The van der Waals surface area contributed by atoms with Crippen molar-refractivity contribution in [2.75, 3.05) is 6.54 Å². The van der Waals surface area contributed by atoms with Crippen molar-refractivity contribution in [2.24, 2.45) is 0 Å². The van der Waals surface area contributed by atoms with Gasteiger partial charge >= 0.3 is 0 Å². The number of hydrogen-bond donors (Lipinski definition) is 0. The summed E-state index contributed by atoms with van der Waals surface area (Å²) in [6.45, 7) is 0.911. The summed E-state index contributed by atoms with van der Waals surface area (Å²) in [5.41, 5.74) is 2.14. The van der Waals surface area contributed by atoms with Crippen LogP contribution in [0.25, 0.3) is 11.4 Å². The van der Waals surface area contributed by atoms with E-state index >= 15 is 0 Å². The molecule has 0 unspecified atom stereocenters. The van der Waals surface area contributed by atoms with Crippen LogP contribution in [0.5, 0.6) is 0 Å². The Morgan fingerprint density at radius 3 is 2.17 bits per heavy atom. The molecule has 1 aliphatic heterocycles. The van der Waals surface area contributed by atoms with Crippen LogP contribution >= 0.6 is 0 Å². The molecule has 0 atom stereocenters. The van der Waals surface area contributed by atoms with Crippen LogP contribution in [0.4, 0.5) is 0 Å². The Kier molecular flexibility index (Phi) is 4.59. The largest absolute Gasteiger partial charge is 0.337 e. The summed E-state index contributed by atoms with van der Waals surface area (Å²) in [5, 5.41) is 4.05. The van der Waals surface area contributed by atoms with E-state index in [0.29, 0.717) is 31.2 Å². The van der Waals surface area contributed by atoms with Crippen molar-refractivity contribution in [3.05, 3.63) is 102 Å². The van der Waals surface area contributed by atoms with Gasteiger partial charge in [-0.05, 0) is 29.7 Å². The molecule has 0 N–H and O–H groups in total. The standard InChI is InChI=1S/C24H20N4O2/c29-23-24(19-7-3-1-4-8-19,20-9-5-2-6-10-20)13-16-28(23)17-21-26-22(27-30-21)18-11-14-25-15-12-18/h1-12,14-15H,13,16-17H2. The monoisotopic (exact) mass is 396 g/mol. The van der Waals surface area contributed by atoms with Gasteiger partial charge in [-0.1, -0.05) is 65.8 Å². The Balaban J connectivity index is 1.45. The van der Waals surface area contributed by atoms with Crippen molar-refractivity contribution in [3.8, 4) is 11.4 Å². The third kappa shape index (κ3) is 3.06. The van der Waals surface area contributed by atoms with Crippen molar-refractivity contribution in [1.29, 1.82) is 0 Å². The fourth-order valence-electron chi connectivity index (χ4n) is 4.18. The van der Waals surface area contributed by atoms with Crippen molar-refractivity contribution < 1.29 is 9.32 Å². The van der Waals surface area contributed by atoms with E-state index in [1.807, 2.05) is 77.7 Å². The van der Waals surface area contributed by atoms with Crippen LogP contribution in [0.2, 0.25) is 0 Å². The van der Waals surface area contributed by atoms with Gasteiger partial charge in [-0.15, -0.1) is 0 Å². The fourth-order valence-corrected chi connectivity index (χ4v) is 4.18. The molecule has 30 heavy (non-hydrogen) atoms. The number of carbonyl (C=O) groups is 1. The van der Waals surface area contributed by atoms with Gasteiger partial charge in [0.15, 0.2) is 0 Å². The molecule has 6 heteroatoms. The molecule has 0 radical (unpaired) electrons. The molecule has 6 nitrogen and oxygen atoms in total. The maximum absolute atomic E-state index is 13.7. The Bertz CT molecular complexity index is 1100. The highest BCUT2D eigenvalue weighted by atomic mass is 16.5. The van der Waals surface area contributed by atoms with E-state index in [2.05, 4.69) is 15.1 Å². The van der Waals surface area contributed by atoms with Crippen molar-refractivity contribution >= 4 is 5.91 Å². The summed E-state index contributed by atoms with van der Waals surface area (Å²) in [6.07, 6.45) is 4.07. The first-order valence-corrected chi connectivity index (χ1v) is 9.91. The molecule has 2 aromatic carbocycles. The Hall–Kier alpha value is -3.80. The van der Waals surface area contributed by atoms with Crippen molar-refractivity contribution in [2.45, 2.75) is 18.4 Å². The molecule has 148 valence electrons. The molecule has 3 heterocycles. The number of nitrogens with zero attached hydrogens (tertiary/aromatic N) is 4. The smallest absolute Gasteiger partial charge is 0.246 e. The predicted molar refractivity (Wildman–Crippen MR) is 111 cm³/mol. The molecule has 0 bridgehead atoms. The van der Waals surface area contributed by atoms with Crippen molar-refractivity contribution in [3.63, 3.8) is 0 Å². The first-order valence-electron chi connectivity index (χ1n) is 9.91.